The van der Waals surface area contributed by atoms with Crippen LogP contribution in [-0.2, 0) is 0 Å². The molecule has 92 valence electrons. The second-order valence-electron chi connectivity index (χ2n) is 4.00. The van der Waals surface area contributed by atoms with Crippen LogP contribution < -0.4 is 5.73 Å². The third-order valence-electron chi connectivity index (χ3n) is 2.72. The molecule has 1 aromatic rings. The molecule has 17 heavy (non-hydrogen) atoms. The molecular weight excluding hydrogens is 296 g/mol. The second-order valence-corrected chi connectivity index (χ2v) is 6.00. The van der Waals surface area contributed by atoms with Crippen molar-refractivity contribution in [2.75, 3.05) is 5.75 Å². The van der Waals surface area contributed by atoms with Gasteiger partial charge in [-0.1, -0.05) is 19.1 Å². The molecule has 1 aromatic carbocycles. The molecule has 0 fully saturated rings. The van der Waals surface area contributed by atoms with Crippen molar-refractivity contribution in [3.8, 4) is 6.07 Å². The Kier molecular flexibility index (Phi) is 6.04. The van der Waals surface area contributed by atoms with Gasteiger partial charge in [-0.15, -0.1) is 11.8 Å². The van der Waals surface area contributed by atoms with E-state index in [-0.39, 0.29) is 0 Å². The maximum atomic E-state index is 8.96. The summed E-state index contributed by atoms with van der Waals surface area (Å²) in [5, 5.41) is 8.96. The molecular formula is C13H17BrN2S. The first-order valence-electron chi connectivity index (χ1n) is 5.69. The Hall–Kier alpha value is -0.500. The summed E-state index contributed by atoms with van der Waals surface area (Å²) in [6.45, 7) is 1.96. The van der Waals surface area contributed by atoms with Crippen molar-refractivity contribution in [2.45, 2.75) is 36.6 Å². The predicted molar refractivity (Wildman–Crippen MR) is 76.9 cm³/mol. The van der Waals surface area contributed by atoms with Gasteiger partial charge in [0.1, 0.15) is 5.54 Å². The Morgan fingerprint density at radius 1 is 1.47 bits per heavy atom. The average molecular weight is 313 g/mol. The van der Waals surface area contributed by atoms with E-state index in [9.17, 15) is 0 Å². The fourth-order valence-electron chi connectivity index (χ4n) is 1.44. The van der Waals surface area contributed by atoms with Gasteiger partial charge in [0.15, 0.2) is 0 Å². The lowest BCUT2D eigenvalue weighted by Gasteiger charge is -2.18. The van der Waals surface area contributed by atoms with E-state index >= 15 is 0 Å². The van der Waals surface area contributed by atoms with E-state index in [1.807, 2.05) is 25.1 Å². The van der Waals surface area contributed by atoms with Gasteiger partial charge in [0.25, 0.3) is 0 Å². The molecule has 1 rings (SSSR count). The van der Waals surface area contributed by atoms with Crippen molar-refractivity contribution in [3.63, 3.8) is 0 Å². The number of nitriles is 1. The first-order chi connectivity index (χ1) is 8.11. The monoisotopic (exact) mass is 312 g/mol. The molecule has 0 saturated carbocycles. The van der Waals surface area contributed by atoms with Crippen molar-refractivity contribution in [2.24, 2.45) is 5.73 Å². The third kappa shape index (κ3) is 4.71. The van der Waals surface area contributed by atoms with Gasteiger partial charge in [-0.05, 0) is 53.1 Å². The number of rotatable bonds is 6. The Morgan fingerprint density at radius 2 is 2.18 bits per heavy atom. The average Bonchev–Trinajstić information content (AvgIpc) is 2.36. The van der Waals surface area contributed by atoms with Gasteiger partial charge in [0.05, 0.1) is 6.07 Å². The van der Waals surface area contributed by atoms with Crippen LogP contribution in [0.4, 0.5) is 0 Å². The highest BCUT2D eigenvalue weighted by Crippen LogP contribution is 2.28. The quantitative estimate of drug-likeness (QED) is 0.639. The predicted octanol–water partition coefficient (Wildman–Crippen LogP) is 3.95. The normalized spacial score (nSPS) is 14.0. The van der Waals surface area contributed by atoms with Gasteiger partial charge in [-0.25, -0.2) is 0 Å². The van der Waals surface area contributed by atoms with Crippen molar-refractivity contribution in [1.29, 1.82) is 5.26 Å². The van der Waals surface area contributed by atoms with E-state index in [1.54, 1.807) is 11.8 Å². The van der Waals surface area contributed by atoms with Crippen LogP contribution in [0.3, 0.4) is 0 Å². The molecule has 0 heterocycles. The Labute approximate surface area is 116 Å². The second kappa shape index (κ2) is 7.05. The largest absolute Gasteiger partial charge is 0.313 e. The van der Waals surface area contributed by atoms with Gasteiger partial charge in [0.2, 0.25) is 0 Å². The van der Waals surface area contributed by atoms with E-state index < -0.39 is 5.54 Å². The topological polar surface area (TPSA) is 49.8 Å². The maximum Gasteiger partial charge on any atom is 0.104 e. The number of thioether (sulfide) groups is 1. The van der Waals surface area contributed by atoms with Crippen molar-refractivity contribution < 1.29 is 0 Å². The molecule has 0 radical (unpaired) electrons. The van der Waals surface area contributed by atoms with Gasteiger partial charge in [-0.2, -0.15) is 5.26 Å². The minimum atomic E-state index is -0.644. The van der Waals surface area contributed by atoms with Crippen LogP contribution >= 0.6 is 27.7 Å². The van der Waals surface area contributed by atoms with Crippen LogP contribution in [0.5, 0.6) is 0 Å². The van der Waals surface area contributed by atoms with Crippen molar-refractivity contribution in [3.05, 3.63) is 28.7 Å². The summed E-state index contributed by atoms with van der Waals surface area (Å²) in [5.41, 5.74) is 5.28. The highest BCUT2D eigenvalue weighted by Gasteiger charge is 2.20. The van der Waals surface area contributed by atoms with Crippen LogP contribution in [0.1, 0.15) is 26.2 Å². The van der Waals surface area contributed by atoms with Gasteiger partial charge < -0.3 is 5.73 Å². The summed E-state index contributed by atoms with van der Waals surface area (Å²) in [6.07, 6.45) is 2.44. The Morgan fingerprint density at radius 3 is 2.76 bits per heavy atom. The summed E-state index contributed by atoms with van der Waals surface area (Å²) < 4.78 is 1.12. The fourth-order valence-corrected chi connectivity index (χ4v) is 2.96. The summed E-state index contributed by atoms with van der Waals surface area (Å²) in [7, 11) is 0. The lowest BCUT2D eigenvalue weighted by molar-refractivity contribution is 0.478. The van der Waals surface area contributed by atoms with E-state index in [1.165, 1.54) is 4.90 Å². The van der Waals surface area contributed by atoms with Crippen LogP contribution in [0.25, 0.3) is 0 Å². The fraction of sp³-hybridized carbons (Fsp3) is 0.462. The van der Waals surface area contributed by atoms with E-state index in [2.05, 4.69) is 28.1 Å². The molecule has 0 saturated heterocycles. The number of hydrogen-bond acceptors (Lipinski definition) is 3. The maximum absolute atomic E-state index is 8.96. The highest BCUT2D eigenvalue weighted by molar-refractivity contribution is 9.10. The van der Waals surface area contributed by atoms with Crippen LogP contribution in [-0.4, -0.2) is 11.3 Å². The zero-order valence-corrected chi connectivity index (χ0v) is 12.4. The molecule has 0 amide bonds. The first-order valence-corrected chi connectivity index (χ1v) is 7.46. The number of halogens is 1. The van der Waals surface area contributed by atoms with E-state index in [0.29, 0.717) is 6.42 Å². The minimum Gasteiger partial charge on any atom is -0.313 e. The molecule has 0 bridgehead atoms. The third-order valence-corrected chi connectivity index (χ3v) is 4.83. The van der Waals surface area contributed by atoms with Gasteiger partial charge in [-0.3, -0.25) is 0 Å². The van der Waals surface area contributed by atoms with Gasteiger partial charge in [0, 0.05) is 9.37 Å². The van der Waals surface area contributed by atoms with Crippen LogP contribution in [0.15, 0.2) is 33.6 Å². The number of benzene rings is 1. The van der Waals surface area contributed by atoms with Crippen LogP contribution in [0.2, 0.25) is 0 Å². The molecule has 4 heteroatoms. The van der Waals surface area contributed by atoms with Crippen molar-refractivity contribution >= 4 is 27.7 Å². The summed E-state index contributed by atoms with van der Waals surface area (Å²) in [6, 6.07) is 10.4. The molecule has 0 aliphatic rings. The molecule has 1 unspecified atom stereocenters. The molecule has 0 aliphatic heterocycles. The number of hydrogen-bond donors (Lipinski definition) is 1. The number of nitrogens with zero attached hydrogens (tertiary/aromatic N) is 1. The molecule has 2 nitrogen and oxygen atoms in total. The summed E-state index contributed by atoms with van der Waals surface area (Å²) in [4.78, 5) is 1.24. The lowest BCUT2D eigenvalue weighted by atomic mass is 9.94. The molecule has 0 aromatic heterocycles. The standard InChI is InChI=1S/C13H17BrN2S/c1-2-13(16,10-15)8-5-9-17-12-7-4-3-6-11(12)14/h3-4,6-7H,2,5,8-9,16H2,1H3. The van der Waals surface area contributed by atoms with Gasteiger partial charge >= 0.3 is 0 Å². The van der Waals surface area contributed by atoms with Crippen LogP contribution in [0, 0.1) is 11.3 Å². The zero-order valence-electron chi connectivity index (χ0n) is 9.95. The Balaban J connectivity index is 2.35. The smallest absolute Gasteiger partial charge is 0.104 e. The minimum absolute atomic E-state index is 0.644. The number of nitrogens with two attached hydrogens (primary N) is 1. The molecule has 0 aliphatic carbocycles. The summed E-state index contributed by atoms with van der Waals surface area (Å²) in [5.74, 6) is 0.989. The molecule has 0 spiro atoms. The SMILES string of the molecule is CCC(N)(C#N)CCCSc1ccccc1Br. The molecule has 1 atom stereocenters. The molecule has 2 N–H and O–H groups in total. The lowest BCUT2D eigenvalue weighted by Crippen LogP contribution is -2.37. The first kappa shape index (κ1) is 14.6. The zero-order chi connectivity index (χ0) is 12.7. The van der Waals surface area contributed by atoms with Crippen molar-refractivity contribution in [1.82, 2.24) is 0 Å². The highest BCUT2D eigenvalue weighted by atomic mass is 79.9. The van der Waals surface area contributed by atoms with E-state index in [4.69, 9.17) is 11.0 Å². The van der Waals surface area contributed by atoms with E-state index in [0.717, 1.165) is 23.1 Å². The summed E-state index contributed by atoms with van der Waals surface area (Å²) >= 11 is 5.31. The Bertz CT molecular complexity index is 403.